The number of fused-ring (bicyclic) bond motifs is 1. The van der Waals surface area contributed by atoms with Crippen LogP contribution < -0.4 is 10.9 Å². The zero-order valence-corrected chi connectivity index (χ0v) is 12.3. The van der Waals surface area contributed by atoms with E-state index >= 15 is 0 Å². The van der Waals surface area contributed by atoms with Crippen LogP contribution in [-0.4, -0.2) is 25.7 Å². The van der Waals surface area contributed by atoms with E-state index < -0.39 is 0 Å². The molecular formula is C15H19N5O2. The van der Waals surface area contributed by atoms with Gasteiger partial charge in [0, 0.05) is 24.7 Å². The van der Waals surface area contributed by atoms with Gasteiger partial charge >= 0.3 is 0 Å². The first-order valence-electron chi connectivity index (χ1n) is 7.56. The Bertz CT molecular complexity index is 692. The van der Waals surface area contributed by atoms with Crippen LogP contribution in [0.4, 0.5) is 0 Å². The van der Waals surface area contributed by atoms with Crippen molar-refractivity contribution < 1.29 is 4.79 Å². The van der Waals surface area contributed by atoms with Crippen molar-refractivity contribution in [2.45, 2.75) is 44.7 Å². The van der Waals surface area contributed by atoms with Crippen molar-refractivity contribution in [2.75, 3.05) is 0 Å². The number of carbonyl (C=O) groups excluding carboxylic acids is 1. The van der Waals surface area contributed by atoms with Gasteiger partial charge in [-0.2, -0.15) is 5.10 Å². The van der Waals surface area contributed by atoms with Crippen molar-refractivity contribution in [1.82, 2.24) is 25.1 Å². The number of aromatic amines is 1. The normalized spacial score (nSPS) is 17.0. The van der Waals surface area contributed by atoms with E-state index in [1.165, 1.54) is 12.4 Å². The van der Waals surface area contributed by atoms with Crippen molar-refractivity contribution in [3.63, 3.8) is 0 Å². The number of hydrogen-bond acceptors (Lipinski definition) is 4. The molecule has 0 aromatic carbocycles. The summed E-state index contributed by atoms with van der Waals surface area (Å²) in [5.74, 6) is 0.0316. The van der Waals surface area contributed by atoms with Crippen LogP contribution in [0.2, 0.25) is 0 Å². The number of amides is 1. The van der Waals surface area contributed by atoms with E-state index in [1.807, 2.05) is 6.07 Å². The number of pyridine rings is 1. The summed E-state index contributed by atoms with van der Waals surface area (Å²) in [6.45, 7) is 0.683. The van der Waals surface area contributed by atoms with Gasteiger partial charge in [0.25, 0.3) is 0 Å². The molecule has 2 heterocycles. The van der Waals surface area contributed by atoms with Crippen LogP contribution in [0.5, 0.6) is 0 Å². The Morgan fingerprint density at radius 1 is 1.45 bits per heavy atom. The molecule has 0 saturated heterocycles. The Balaban J connectivity index is 1.55. The quantitative estimate of drug-likeness (QED) is 0.859. The molecule has 2 N–H and O–H groups in total. The van der Waals surface area contributed by atoms with Crippen LogP contribution in [0.3, 0.4) is 0 Å². The van der Waals surface area contributed by atoms with E-state index in [9.17, 15) is 9.59 Å². The van der Waals surface area contributed by atoms with Crippen LogP contribution in [0.15, 0.2) is 29.6 Å². The third kappa shape index (κ3) is 3.41. The fourth-order valence-corrected chi connectivity index (χ4v) is 2.87. The minimum Gasteiger partial charge on any atom is -0.349 e. The summed E-state index contributed by atoms with van der Waals surface area (Å²) < 4.78 is 1.72. The summed E-state index contributed by atoms with van der Waals surface area (Å²) in [5.41, 5.74) is 1.90. The molecule has 7 heteroatoms. The number of carbonyl (C=O) groups is 1. The van der Waals surface area contributed by atoms with Crippen LogP contribution in [0.1, 0.15) is 43.0 Å². The Morgan fingerprint density at radius 2 is 2.36 bits per heavy atom. The molecule has 7 nitrogen and oxygen atoms in total. The van der Waals surface area contributed by atoms with E-state index in [2.05, 4.69) is 20.4 Å². The van der Waals surface area contributed by atoms with Gasteiger partial charge in [-0.25, -0.2) is 4.98 Å². The molecular weight excluding hydrogens is 282 g/mol. The molecule has 1 amide bonds. The molecule has 1 aliphatic carbocycles. The number of hydrogen-bond donors (Lipinski definition) is 2. The smallest absolute Gasteiger partial charge is 0.248 e. The number of H-pyrrole nitrogens is 1. The molecule has 2 aromatic heterocycles. The lowest BCUT2D eigenvalue weighted by atomic mass is 9.91. The summed E-state index contributed by atoms with van der Waals surface area (Å²) >= 11 is 0. The van der Waals surface area contributed by atoms with E-state index in [0.717, 1.165) is 36.9 Å². The van der Waals surface area contributed by atoms with Gasteiger partial charge in [0.05, 0.1) is 6.04 Å². The largest absolute Gasteiger partial charge is 0.349 e. The van der Waals surface area contributed by atoms with Gasteiger partial charge < -0.3 is 10.3 Å². The lowest BCUT2D eigenvalue weighted by molar-refractivity contribution is -0.122. The third-order valence-electron chi connectivity index (χ3n) is 3.92. The standard InChI is InChI=1S/C15H19N5O2/c21-14(5-2-8-20-10-16-9-17-20)18-12-3-1-4-13-11(12)6-7-15(22)19-13/h6-7,9-10,12H,1-5,8H2,(H,18,21)(H,19,22). The van der Waals surface area contributed by atoms with E-state index in [-0.39, 0.29) is 17.5 Å². The predicted molar refractivity (Wildman–Crippen MR) is 80.1 cm³/mol. The molecule has 0 fully saturated rings. The molecule has 0 bridgehead atoms. The topological polar surface area (TPSA) is 92.7 Å². The molecule has 1 aliphatic rings. The molecule has 2 aromatic rings. The van der Waals surface area contributed by atoms with Crippen LogP contribution in [0.25, 0.3) is 0 Å². The molecule has 1 atom stereocenters. The van der Waals surface area contributed by atoms with Gasteiger partial charge in [-0.1, -0.05) is 0 Å². The second-order valence-corrected chi connectivity index (χ2v) is 5.53. The number of aromatic nitrogens is 4. The minimum atomic E-state index is -0.0847. The lowest BCUT2D eigenvalue weighted by Gasteiger charge is -2.25. The zero-order chi connectivity index (χ0) is 15.4. The Labute approximate surface area is 127 Å². The first-order valence-corrected chi connectivity index (χ1v) is 7.56. The van der Waals surface area contributed by atoms with Crippen molar-refractivity contribution in [2.24, 2.45) is 0 Å². The zero-order valence-electron chi connectivity index (χ0n) is 12.3. The highest BCUT2D eigenvalue weighted by Gasteiger charge is 2.22. The monoisotopic (exact) mass is 301 g/mol. The van der Waals surface area contributed by atoms with Gasteiger partial charge in [-0.15, -0.1) is 0 Å². The van der Waals surface area contributed by atoms with Crippen LogP contribution in [0, 0.1) is 0 Å². The van der Waals surface area contributed by atoms with E-state index in [1.54, 1.807) is 11.0 Å². The molecule has 1 unspecified atom stereocenters. The maximum absolute atomic E-state index is 12.1. The summed E-state index contributed by atoms with van der Waals surface area (Å²) in [7, 11) is 0. The predicted octanol–water partition coefficient (Wildman–Crippen LogP) is 0.940. The van der Waals surface area contributed by atoms with Crippen molar-refractivity contribution in [3.8, 4) is 0 Å². The van der Waals surface area contributed by atoms with Gasteiger partial charge in [-0.05, 0) is 37.3 Å². The summed E-state index contributed by atoms with van der Waals surface area (Å²) in [5, 5.41) is 7.08. The van der Waals surface area contributed by atoms with Crippen molar-refractivity contribution >= 4 is 5.91 Å². The second kappa shape index (κ2) is 6.55. The first-order chi connectivity index (χ1) is 10.7. The molecule has 0 aliphatic heterocycles. The second-order valence-electron chi connectivity index (χ2n) is 5.53. The maximum atomic E-state index is 12.1. The summed E-state index contributed by atoms with van der Waals surface area (Å²) in [4.78, 5) is 30.2. The van der Waals surface area contributed by atoms with E-state index in [4.69, 9.17) is 0 Å². The summed E-state index contributed by atoms with van der Waals surface area (Å²) in [6, 6.07) is 3.35. The highest BCUT2D eigenvalue weighted by molar-refractivity contribution is 5.76. The maximum Gasteiger partial charge on any atom is 0.248 e. The molecule has 0 spiro atoms. The van der Waals surface area contributed by atoms with E-state index in [0.29, 0.717) is 13.0 Å². The summed E-state index contributed by atoms with van der Waals surface area (Å²) in [6.07, 6.45) is 7.05. The van der Waals surface area contributed by atoms with Gasteiger partial charge in [0.2, 0.25) is 11.5 Å². The van der Waals surface area contributed by atoms with Crippen molar-refractivity contribution in [3.05, 3.63) is 46.4 Å². The molecule has 0 saturated carbocycles. The average molecular weight is 301 g/mol. The van der Waals surface area contributed by atoms with Gasteiger partial charge in [-0.3, -0.25) is 14.3 Å². The fourth-order valence-electron chi connectivity index (χ4n) is 2.87. The third-order valence-corrected chi connectivity index (χ3v) is 3.92. The Kier molecular flexibility index (Phi) is 4.32. The molecule has 116 valence electrons. The molecule has 22 heavy (non-hydrogen) atoms. The fraction of sp³-hybridized carbons (Fsp3) is 0.467. The molecule has 3 rings (SSSR count). The van der Waals surface area contributed by atoms with Crippen molar-refractivity contribution in [1.29, 1.82) is 0 Å². The lowest BCUT2D eigenvalue weighted by Crippen LogP contribution is -2.32. The van der Waals surface area contributed by atoms with Crippen LogP contribution >= 0.6 is 0 Å². The highest BCUT2D eigenvalue weighted by atomic mass is 16.1. The number of nitrogens with zero attached hydrogens (tertiary/aromatic N) is 3. The van der Waals surface area contributed by atoms with Crippen LogP contribution in [-0.2, 0) is 17.8 Å². The number of nitrogens with one attached hydrogen (secondary N) is 2. The molecule has 0 radical (unpaired) electrons. The van der Waals surface area contributed by atoms with Gasteiger partial charge in [0.1, 0.15) is 12.7 Å². The Hall–Kier alpha value is -2.44. The minimum absolute atomic E-state index is 0.000491. The number of rotatable bonds is 5. The SMILES string of the molecule is O=C(CCCn1cncn1)NC1CCCc2[nH]c(=O)ccc21. The highest BCUT2D eigenvalue weighted by Crippen LogP contribution is 2.27. The number of aryl methyl sites for hydroxylation is 2. The average Bonchev–Trinajstić information content (AvgIpc) is 3.00. The Morgan fingerprint density at radius 3 is 3.18 bits per heavy atom. The first kappa shape index (κ1) is 14.5. The van der Waals surface area contributed by atoms with Gasteiger partial charge in [0.15, 0.2) is 0 Å².